The quantitative estimate of drug-likeness (QED) is 0.725. The van der Waals surface area contributed by atoms with Gasteiger partial charge in [-0.1, -0.05) is 0 Å². The molecule has 1 aliphatic heterocycles. The summed E-state index contributed by atoms with van der Waals surface area (Å²) in [5, 5.41) is 6.16. The van der Waals surface area contributed by atoms with Crippen molar-refractivity contribution in [2.75, 3.05) is 19.8 Å². The SMILES string of the molecule is CC1NCCCC1NC(=O)CCOCC(F)F.Cl. The Hall–Kier alpha value is -0.460. The Balaban J connectivity index is 0.00000289. The van der Waals surface area contributed by atoms with Crippen molar-refractivity contribution in [3.8, 4) is 0 Å². The molecule has 0 radical (unpaired) electrons. The van der Waals surface area contributed by atoms with E-state index in [0.29, 0.717) is 0 Å². The molecule has 0 aromatic rings. The maximum atomic E-state index is 11.7. The van der Waals surface area contributed by atoms with E-state index in [4.69, 9.17) is 0 Å². The number of alkyl halides is 2. The highest BCUT2D eigenvalue weighted by Gasteiger charge is 2.21. The molecule has 2 N–H and O–H groups in total. The molecular formula is C11H21ClF2N2O2. The Morgan fingerprint density at radius 2 is 2.28 bits per heavy atom. The monoisotopic (exact) mass is 286 g/mol. The van der Waals surface area contributed by atoms with Gasteiger partial charge in [-0.3, -0.25) is 4.79 Å². The van der Waals surface area contributed by atoms with Crippen molar-refractivity contribution in [3.63, 3.8) is 0 Å². The van der Waals surface area contributed by atoms with E-state index >= 15 is 0 Å². The van der Waals surface area contributed by atoms with E-state index in [1.54, 1.807) is 0 Å². The minimum atomic E-state index is -2.47. The average molecular weight is 287 g/mol. The second-order valence-electron chi connectivity index (χ2n) is 4.28. The molecule has 7 heteroatoms. The molecule has 0 aliphatic carbocycles. The summed E-state index contributed by atoms with van der Waals surface area (Å²) in [6.45, 7) is 2.45. The number of amides is 1. The molecule has 4 nitrogen and oxygen atoms in total. The first kappa shape index (κ1) is 17.5. The molecule has 0 bridgehead atoms. The molecule has 1 heterocycles. The molecule has 1 fully saturated rings. The van der Waals surface area contributed by atoms with E-state index in [1.165, 1.54) is 0 Å². The number of rotatable bonds is 6. The Bertz CT molecular complexity index is 245. The maximum Gasteiger partial charge on any atom is 0.261 e. The molecule has 0 aromatic heterocycles. The lowest BCUT2D eigenvalue weighted by Crippen LogP contribution is -2.52. The summed E-state index contributed by atoms with van der Waals surface area (Å²) < 4.78 is 28.2. The van der Waals surface area contributed by atoms with Gasteiger partial charge in [-0.15, -0.1) is 12.4 Å². The molecule has 1 saturated heterocycles. The van der Waals surface area contributed by atoms with E-state index in [9.17, 15) is 13.6 Å². The van der Waals surface area contributed by atoms with Gasteiger partial charge in [0.15, 0.2) is 0 Å². The third-order valence-corrected chi connectivity index (χ3v) is 2.83. The summed E-state index contributed by atoms with van der Waals surface area (Å²) in [5.74, 6) is -0.139. The minimum Gasteiger partial charge on any atom is -0.375 e. The van der Waals surface area contributed by atoms with E-state index in [-0.39, 0.29) is 43.4 Å². The summed E-state index contributed by atoms with van der Waals surface area (Å²) in [4.78, 5) is 11.5. The first-order valence-corrected chi connectivity index (χ1v) is 5.98. The average Bonchev–Trinajstić information content (AvgIpc) is 2.27. The van der Waals surface area contributed by atoms with Crippen molar-refractivity contribution in [1.29, 1.82) is 0 Å². The highest BCUT2D eigenvalue weighted by Crippen LogP contribution is 2.08. The van der Waals surface area contributed by atoms with E-state index in [2.05, 4.69) is 15.4 Å². The highest BCUT2D eigenvalue weighted by molar-refractivity contribution is 5.85. The van der Waals surface area contributed by atoms with Crippen LogP contribution in [0.4, 0.5) is 8.78 Å². The fourth-order valence-electron chi connectivity index (χ4n) is 1.86. The van der Waals surface area contributed by atoms with E-state index < -0.39 is 13.0 Å². The minimum absolute atomic E-state index is 0. The lowest BCUT2D eigenvalue weighted by atomic mass is 10.00. The number of nitrogens with one attached hydrogen (secondary N) is 2. The summed E-state index contributed by atoms with van der Waals surface area (Å²) >= 11 is 0. The zero-order valence-electron chi connectivity index (χ0n) is 10.5. The first-order chi connectivity index (χ1) is 8.09. The Morgan fingerprint density at radius 3 is 2.89 bits per heavy atom. The Labute approximate surface area is 112 Å². The lowest BCUT2D eigenvalue weighted by molar-refractivity contribution is -0.123. The standard InChI is InChI=1S/C11H20F2N2O2.ClH/c1-8-9(3-2-5-14-8)15-11(16)4-6-17-7-10(12)13;/h8-10,14H,2-7H2,1H3,(H,15,16);1H. The van der Waals surface area contributed by atoms with Gasteiger partial charge < -0.3 is 15.4 Å². The summed E-state index contributed by atoms with van der Waals surface area (Å²) in [6.07, 6.45) is -0.342. The fraction of sp³-hybridized carbons (Fsp3) is 0.909. The van der Waals surface area contributed by atoms with Gasteiger partial charge in [-0.05, 0) is 26.3 Å². The number of hydrogen-bond donors (Lipinski definition) is 2. The van der Waals surface area contributed by atoms with Crippen LogP contribution in [0.5, 0.6) is 0 Å². The molecule has 2 atom stereocenters. The second kappa shape index (κ2) is 9.47. The van der Waals surface area contributed by atoms with Crippen LogP contribution in [-0.4, -0.2) is 44.2 Å². The zero-order chi connectivity index (χ0) is 12.7. The number of halogens is 3. The molecule has 108 valence electrons. The van der Waals surface area contributed by atoms with Crippen LogP contribution in [0.25, 0.3) is 0 Å². The molecule has 0 aromatic carbocycles. The van der Waals surface area contributed by atoms with Crippen molar-refractivity contribution in [2.45, 2.75) is 44.7 Å². The van der Waals surface area contributed by atoms with Crippen LogP contribution in [0.1, 0.15) is 26.2 Å². The third kappa shape index (κ3) is 7.08. The van der Waals surface area contributed by atoms with Crippen molar-refractivity contribution in [2.24, 2.45) is 0 Å². The number of ether oxygens (including phenoxy) is 1. The molecular weight excluding hydrogens is 266 g/mol. The van der Waals surface area contributed by atoms with Crippen LogP contribution in [0.15, 0.2) is 0 Å². The molecule has 0 spiro atoms. The summed E-state index contributed by atoms with van der Waals surface area (Å²) in [6, 6.07) is 0.390. The van der Waals surface area contributed by atoms with Crippen LogP contribution in [0.2, 0.25) is 0 Å². The topological polar surface area (TPSA) is 50.4 Å². The summed E-state index contributed by atoms with van der Waals surface area (Å²) in [5.41, 5.74) is 0. The number of hydrogen-bond acceptors (Lipinski definition) is 3. The predicted octanol–water partition coefficient (Wildman–Crippen LogP) is 1.34. The van der Waals surface area contributed by atoms with Crippen molar-refractivity contribution >= 4 is 18.3 Å². The molecule has 0 saturated carbocycles. The van der Waals surface area contributed by atoms with Gasteiger partial charge in [0.05, 0.1) is 6.61 Å². The molecule has 1 aliphatic rings. The van der Waals surface area contributed by atoms with Gasteiger partial charge in [-0.2, -0.15) is 0 Å². The van der Waals surface area contributed by atoms with Gasteiger partial charge in [0.2, 0.25) is 5.91 Å². The molecule has 1 rings (SSSR count). The van der Waals surface area contributed by atoms with Crippen LogP contribution in [0, 0.1) is 0 Å². The van der Waals surface area contributed by atoms with Gasteiger partial charge in [0, 0.05) is 18.5 Å². The number of piperidine rings is 1. The predicted molar refractivity (Wildman–Crippen MR) is 67.3 cm³/mol. The van der Waals surface area contributed by atoms with Crippen molar-refractivity contribution in [3.05, 3.63) is 0 Å². The van der Waals surface area contributed by atoms with Crippen LogP contribution >= 0.6 is 12.4 Å². The second-order valence-corrected chi connectivity index (χ2v) is 4.28. The molecule has 18 heavy (non-hydrogen) atoms. The smallest absolute Gasteiger partial charge is 0.261 e. The maximum absolute atomic E-state index is 11.7. The van der Waals surface area contributed by atoms with Crippen molar-refractivity contribution < 1.29 is 18.3 Å². The van der Waals surface area contributed by atoms with Gasteiger partial charge in [-0.25, -0.2) is 8.78 Å². The van der Waals surface area contributed by atoms with Crippen LogP contribution in [-0.2, 0) is 9.53 Å². The fourth-order valence-corrected chi connectivity index (χ4v) is 1.86. The van der Waals surface area contributed by atoms with Crippen molar-refractivity contribution in [1.82, 2.24) is 10.6 Å². The van der Waals surface area contributed by atoms with Crippen LogP contribution in [0.3, 0.4) is 0 Å². The first-order valence-electron chi connectivity index (χ1n) is 5.98. The van der Waals surface area contributed by atoms with E-state index in [0.717, 1.165) is 19.4 Å². The number of carbonyl (C=O) groups is 1. The number of carbonyl (C=O) groups excluding carboxylic acids is 1. The Morgan fingerprint density at radius 1 is 1.56 bits per heavy atom. The van der Waals surface area contributed by atoms with Gasteiger partial charge >= 0.3 is 0 Å². The normalized spacial score (nSPS) is 23.6. The van der Waals surface area contributed by atoms with Crippen LogP contribution < -0.4 is 10.6 Å². The van der Waals surface area contributed by atoms with E-state index in [1.807, 2.05) is 6.92 Å². The van der Waals surface area contributed by atoms with Gasteiger partial charge in [0.1, 0.15) is 6.61 Å². The molecule has 2 unspecified atom stereocenters. The summed E-state index contributed by atoms with van der Waals surface area (Å²) in [7, 11) is 0. The highest BCUT2D eigenvalue weighted by atomic mass is 35.5. The zero-order valence-corrected chi connectivity index (χ0v) is 11.3. The molecule has 1 amide bonds. The Kier molecular flexibility index (Phi) is 9.23. The third-order valence-electron chi connectivity index (χ3n) is 2.83. The van der Waals surface area contributed by atoms with Gasteiger partial charge in [0.25, 0.3) is 6.43 Å². The lowest BCUT2D eigenvalue weighted by Gasteiger charge is -2.30. The largest absolute Gasteiger partial charge is 0.375 e.